The molecule has 4 rings (SSSR count). The number of carbonyl (C=O) groups excluding carboxylic acids is 1. The number of H-pyrrole nitrogens is 1. The quantitative estimate of drug-likeness (QED) is 0.444. The van der Waals surface area contributed by atoms with Crippen LogP contribution in [-0.4, -0.2) is 31.2 Å². The molecule has 0 unspecified atom stereocenters. The van der Waals surface area contributed by atoms with Gasteiger partial charge in [0.2, 0.25) is 5.91 Å². The number of fused-ring (bicyclic) bond motifs is 1. The average molecular weight is 434 g/mol. The van der Waals surface area contributed by atoms with Crippen LogP contribution >= 0.6 is 11.8 Å². The van der Waals surface area contributed by atoms with Crippen LogP contribution < -0.4 is 10.9 Å². The van der Waals surface area contributed by atoms with Gasteiger partial charge >= 0.3 is 0 Å². The third-order valence-electron chi connectivity index (χ3n) is 4.90. The highest BCUT2D eigenvalue weighted by Crippen LogP contribution is 2.24. The smallest absolute Gasteiger partial charge is 0.266 e. The van der Waals surface area contributed by atoms with E-state index in [0.717, 1.165) is 16.8 Å². The number of rotatable bonds is 6. The molecule has 2 aromatic heterocycles. The molecule has 31 heavy (non-hydrogen) atoms. The van der Waals surface area contributed by atoms with Crippen LogP contribution in [0.3, 0.4) is 0 Å². The van der Waals surface area contributed by atoms with E-state index in [0.29, 0.717) is 22.5 Å². The molecule has 0 aliphatic rings. The van der Waals surface area contributed by atoms with Gasteiger partial charge in [0.1, 0.15) is 0 Å². The summed E-state index contributed by atoms with van der Waals surface area (Å²) < 4.78 is 1.51. The van der Waals surface area contributed by atoms with Crippen molar-refractivity contribution in [3.63, 3.8) is 0 Å². The van der Waals surface area contributed by atoms with Crippen LogP contribution in [0.25, 0.3) is 17.0 Å². The molecule has 8 heteroatoms. The number of thioether (sulfide) groups is 1. The zero-order valence-corrected chi connectivity index (χ0v) is 18.4. The first-order chi connectivity index (χ1) is 14.9. The normalized spacial score (nSPS) is 11.2. The number of nitrogens with one attached hydrogen (secondary N) is 2. The molecule has 0 radical (unpaired) electrons. The zero-order valence-electron chi connectivity index (χ0n) is 17.5. The first kappa shape index (κ1) is 20.9. The maximum atomic E-state index is 12.5. The van der Waals surface area contributed by atoms with Crippen LogP contribution in [-0.2, 0) is 4.79 Å². The topological polar surface area (TPSA) is 92.2 Å². The summed E-state index contributed by atoms with van der Waals surface area (Å²) in [4.78, 5) is 33.5. The lowest BCUT2D eigenvalue weighted by Crippen LogP contribution is -2.15. The monoisotopic (exact) mass is 433 g/mol. The Bertz CT molecular complexity index is 1290. The second-order valence-corrected chi connectivity index (χ2v) is 8.51. The molecule has 158 valence electrons. The largest absolute Gasteiger partial charge is 0.325 e. The third kappa shape index (κ3) is 4.69. The van der Waals surface area contributed by atoms with Gasteiger partial charge in [0.05, 0.1) is 5.75 Å². The summed E-state index contributed by atoms with van der Waals surface area (Å²) in [7, 11) is 0. The SMILES string of the molecule is Cc1ccccc1-c1nc(SCC(=O)Nc2ccc(C(C)C)cc2)n2[nH]c(=O)cc2n1. The molecule has 0 saturated carbocycles. The van der Waals surface area contributed by atoms with Crippen molar-refractivity contribution in [2.24, 2.45) is 0 Å². The van der Waals surface area contributed by atoms with Gasteiger partial charge in [-0.1, -0.05) is 62.0 Å². The molecule has 7 nitrogen and oxygen atoms in total. The summed E-state index contributed by atoms with van der Waals surface area (Å²) in [6.45, 7) is 6.24. The van der Waals surface area contributed by atoms with Gasteiger partial charge in [0.25, 0.3) is 5.56 Å². The van der Waals surface area contributed by atoms with Gasteiger partial charge in [-0.2, -0.15) is 0 Å². The number of hydrogen-bond acceptors (Lipinski definition) is 5. The van der Waals surface area contributed by atoms with Gasteiger partial charge in [-0.25, -0.2) is 14.5 Å². The molecular weight excluding hydrogens is 410 g/mol. The van der Waals surface area contributed by atoms with E-state index >= 15 is 0 Å². The van der Waals surface area contributed by atoms with Crippen LogP contribution in [0, 0.1) is 6.92 Å². The highest BCUT2D eigenvalue weighted by molar-refractivity contribution is 7.99. The van der Waals surface area contributed by atoms with E-state index in [1.807, 2.05) is 55.5 Å². The predicted molar refractivity (Wildman–Crippen MR) is 124 cm³/mol. The van der Waals surface area contributed by atoms with Crippen molar-refractivity contribution in [2.45, 2.75) is 31.8 Å². The van der Waals surface area contributed by atoms with Crippen molar-refractivity contribution in [3.05, 3.63) is 76.1 Å². The van der Waals surface area contributed by atoms with Crippen LogP contribution in [0.5, 0.6) is 0 Å². The fraction of sp³-hybridized carbons (Fsp3) is 0.217. The van der Waals surface area contributed by atoms with Crippen molar-refractivity contribution >= 4 is 29.0 Å². The Labute approximate surface area is 183 Å². The average Bonchev–Trinajstić information content (AvgIpc) is 3.13. The van der Waals surface area contributed by atoms with Crippen LogP contribution in [0.15, 0.2) is 64.5 Å². The lowest BCUT2D eigenvalue weighted by atomic mass is 10.0. The first-order valence-corrected chi connectivity index (χ1v) is 11.0. The summed E-state index contributed by atoms with van der Waals surface area (Å²) in [5, 5.41) is 6.09. The summed E-state index contributed by atoms with van der Waals surface area (Å²) >= 11 is 1.24. The zero-order chi connectivity index (χ0) is 22.0. The van der Waals surface area contributed by atoms with E-state index in [4.69, 9.17) is 0 Å². The van der Waals surface area contributed by atoms with Gasteiger partial charge in [0, 0.05) is 17.3 Å². The van der Waals surface area contributed by atoms with Gasteiger partial charge in [-0.05, 0) is 36.1 Å². The maximum Gasteiger partial charge on any atom is 0.266 e. The van der Waals surface area contributed by atoms with E-state index in [1.165, 1.54) is 27.9 Å². The molecular formula is C23H23N5O2S. The van der Waals surface area contributed by atoms with Crippen molar-refractivity contribution in [1.82, 2.24) is 19.6 Å². The number of hydrogen-bond donors (Lipinski definition) is 2. The first-order valence-electron chi connectivity index (χ1n) is 9.99. The van der Waals surface area contributed by atoms with Crippen molar-refractivity contribution < 1.29 is 4.79 Å². The molecule has 2 N–H and O–H groups in total. The lowest BCUT2D eigenvalue weighted by molar-refractivity contribution is -0.113. The second kappa shape index (κ2) is 8.77. The Morgan fingerprint density at radius 3 is 2.58 bits per heavy atom. The number of nitrogens with zero attached hydrogens (tertiary/aromatic N) is 3. The Balaban J connectivity index is 1.55. The molecule has 0 aliphatic heterocycles. The Kier molecular flexibility index (Phi) is 5.90. The molecule has 0 fully saturated rings. The maximum absolute atomic E-state index is 12.5. The van der Waals surface area contributed by atoms with E-state index in [9.17, 15) is 9.59 Å². The summed E-state index contributed by atoms with van der Waals surface area (Å²) in [6.07, 6.45) is 0. The van der Waals surface area contributed by atoms with Crippen LogP contribution in [0.2, 0.25) is 0 Å². The van der Waals surface area contributed by atoms with E-state index in [1.54, 1.807) is 0 Å². The van der Waals surface area contributed by atoms with E-state index in [2.05, 4.69) is 34.2 Å². The predicted octanol–water partition coefficient (Wildman–Crippen LogP) is 4.25. The van der Waals surface area contributed by atoms with Gasteiger partial charge in [0.15, 0.2) is 16.6 Å². The summed E-state index contributed by atoms with van der Waals surface area (Å²) in [5.41, 5.74) is 4.07. The van der Waals surface area contributed by atoms with E-state index in [-0.39, 0.29) is 17.2 Å². The molecule has 2 aromatic carbocycles. The Hall–Kier alpha value is -3.39. The summed E-state index contributed by atoms with van der Waals surface area (Å²) in [6, 6.07) is 17.0. The molecule has 4 aromatic rings. The number of aryl methyl sites for hydroxylation is 1. The van der Waals surface area contributed by atoms with Gasteiger partial charge in [-0.3, -0.25) is 14.7 Å². The molecule has 0 bridgehead atoms. The lowest BCUT2D eigenvalue weighted by Gasteiger charge is -2.10. The molecule has 2 heterocycles. The van der Waals surface area contributed by atoms with Gasteiger partial charge < -0.3 is 5.32 Å². The minimum atomic E-state index is -0.271. The molecule has 0 aliphatic carbocycles. The van der Waals surface area contributed by atoms with Crippen molar-refractivity contribution in [2.75, 3.05) is 11.1 Å². The molecule has 0 saturated heterocycles. The van der Waals surface area contributed by atoms with Crippen LogP contribution in [0.4, 0.5) is 5.69 Å². The second-order valence-electron chi connectivity index (χ2n) is 7.57. The number of benzene rings is 2. The summed E-state index contributed by atoms with van der Waals surface area (Å²) in [5.74, 6) is 0.947. The standard InChI is InChI=1S/C23H23N5O2S/c1-14(2)16-8-10-17(11-9-16)24-21(30)13-31-23-26-22(18-7-5-4-6-15(18)3)25-19-12-20(29)27-28(19)23/h4-12,14H,13H2,1-3H3,(H,24,30)(H,27,29). The molecule has 0 atom stereocenters. The van der Waals surface area contributed by atoms with Crippen molar-refractivity contribution in [1.29, 1.82) is 0 Å². The number of anilines is 1. The number of aromatic amines is 1. The number of carbonyl (C=O) groups is 1. The van der Waals surface area contributed by atoms with Gasteiger partial charge in [-0.15, -0.1) is 0 Å². The highest BCUT2D eigenvalue weighted by Gasteiger charge is 2.14. The van der Waals surface area contributed by atoms with E-state index < -0.39 is 0 Å². The number of aromatic nitrogens is 4. The molecule has 1 amide bonds. The molecule has 0 spiro atoms. The highest BCUT2D eigenvalue weighted by atomic mass is 32.2. The number of amides is 1. The fourth-order valence-electron chi connectivity index (χ4n) is 3.20. The third-order valence-corrected chi connectivity index (χ3v) is 5.84. The van der Waals surface area contributed by atoms with Crippen molar-refractivity contribution in [3.8, 4) is 11.4 Å². The minimum Gasteiger partial charge on any atom is -0.325 e. The minimum absolute atomic E-state index is 0.144. The van der Waals surface area contributed by atoms with Crippen LogP contribution in [0.1, 0.15) is 30.9 Å². The fourth-order valence-corrected chi connectivity index (χ4v) is 3.95. The Morgan fingerprint density at radius 2 is 1.87 bits per heavy atom. The Morgan fingerprint density at radius 1 is 1.13 bits per heavy atom.